The van der Waals surface area contributed by atoms with Gasteiger partial charge in [0.15, 0.2) is 5.82 Å². The van der Waals surface area contributed by atoms with Crippen LogP contribution in [0.3, 0.4) is 0 Å². The molecule has 0 radical (unpaired) electrons. The molecule has 1 atom stereocenters. The van der Waals surface area contributed by atoms with E-state index in [0.717, 1.165) is 17.9 Å². The first-order valence-electron chi connectivity index (χ1n) is 9.65. The Kier molecular flexibility index (Phi) is 5.97. The molecule has 0 aromatic carbocycles. The summed E-state index contributed by atoms with van der Waals surface area (Å²) < 4.78 is 5.25. The maximum atomic E-state index is 12.7. The molecule has 0 bridgehead atoms. The summed E-state index contributed by atoms with van der Waals surface area (Å²) in [6.07, 6.45) is 0.849. The predicted molar refractivity (Wildman–Crippen MR) is 99.2 cm³/mol. The molecular weight excluding hydrogens is 364 g/mol. The molecule has 1 unspecified atom stereocenters. The lowest BCUT2D eigenvalue weighted by Crippen LogP contribution is -2.41. The van der Waals surface area contributed by atoms with Crippen LogP contribution in [0.15, 0.2) is 4.52 Å². The van der Waals surface area contributed by atoms with Gasteiger partial charge in [0.1, 0.15) is 6.04 Å². The van der Waals surface area contributed by atoms with E-state index in [1.54, 1.807) is 11.9 Å². The molecule has 0 spiro atoms. The van der Waals surface area contributed by atoms with Gasteiger partial charge in [-0.15, -0.1) is 0 Å². The number of carbonyl (C=O) groups is 3. The third kappa shape index (κ3) is 4.16. The Balaban J connectivity index is 1.53. The second-order valence-electron chi connectivity index (χ2n) is 7.72. The van der Waals surface area contributed by atoms with Crippen molar-refractivity contribution in [2.24, 2.45) is 0 Å². The first-order chi connectivity index (χ1) is 13.3. The van der Waals surface area contributed by atoms with Crippen LogP contribution in [-0.2, 0) is 16.1 Å². The molecule has 0 N–H and O–H groups in total. The van der Waals surface area contributed by atoms with Crippen LogP contribution in [0.2, 0.25) is 0 Å². The van der Waals surface area contributed by atoms with Crippen molar-refractivity contribution in [1.82, 2.24) is 29.7 Å². The monoisotopic (exact) mass is 392 g/mol. The van der Waals surface area contributed by atoms with E-state index in [4.69, 9.17) is 4.52 Å². The van der Waals surface area contributed by atoms with E-state index in [9.17, 15) is 14.4 Å². The number of likely N-dealkylation sites (N-methyl/N-ethyl adjacent to an activating group) is 2. The first-order valence-corrected chi connectivity index (χ1v) is 9.65. The van der Waals surface area contributed by atoms with Gasteiger partial charge in [0.2, 0.25) is 11.8 Å². The standard InChI is InChI=1S/C18H28N6O4/c1-12(2)16-19-14(20-28-16)11-23-6-5-7-24(9-8-23)15(25)10-13-17(26)22(4)18(27)21(13)3/h12-13H,5-11H2,1-4H3. The van der Waals surface area contributed by atoms with Crippen LogP contribution in [0, 0.1) is 0 Å². The van der Waals surface area contributed by atoms with Crippen molar-refractivity contribution < 1.29 is 18.9 Å². The van der Waals surface area contributed by atoms with E-state index in [-0.39, 0.29) is 30.2 Å². The molecule has 0 saturated carbocycles. The number of hydrogen-bond donors (Lipinski definition) is 0. The summed E-state index contributed by atoms with van der Waals surface area (Å²) in [5.41, 5.74) is 0. The van der Waals surface area contributed by atoms with Crippen LogP contribution in [-0.4, -0.2) is 93.9 Å². The normalized spacial score (nSPS) is 21.8. The maximum Gasteiger partial charge on any atom is 0.326 e. The van der Waals surface area contributed by atoms with E-state index >= 15 is 0 Å². The molecule has 1 aromatic heterocycles. The minimum Gasteiger partial charge on any atom is -0.341 e. The Morgan fingerprint density at radius 3 is 2.54 bits per heavy atom. The topological polar surface area (TPSA) is 103 Å². The van der Waals surface area contributed by atoms with Gasteiger partial charge in [-0.2, -0.15) is 4.98 Å². The van der Waals surface area contributed by atoms with Crippen molar-refractivity contribution in [3.63, 3.8) is 0 Å². The van der Waals surface area contributed by atoms with Crippen LogP contribution >= 0.6 is 0 Å². The lowest BCUT2D eigenvalue weighted by atomic mass is 10.1. The summed E-state index contributed by atoms with van der Waals surface area (Å²) in [6, 6.07) is -1.08. The molecule has 3 rings (SSSR count). The smallest absolute Gasteiger partial charge is 0.326 e. The van der Waals surface area contributed by atoms with E-state index in [1.807, 2.05) is 13.8 Å². The molecule has 0 aliphatic carbocycles. The van der Waals surface area contributed by atoms with Gasteiger partial charge < -0.3 is 14.3 Å². The summed E-state index contributed by atoms with van der Waals surface area (Å²) in [5, 5.41) is 4.03. The highest BCUT2D eigenvalue weighted by atomic mass is 16.5. The SMILES string of the molecule is CC(C)c1nc(CN2CCCN(C(=O)CC3C(=O)N(C)C(=O)N3C)CC2)no1. The molecule has 10 heteroatoms. The zero-order valence-corrected chi connectivity index (χ0v) is 16.9. The van der Waals surface area contributed by atoms with Crippen molar-refractivity contribution in [2.75, 3.05) is 40.3 Å². The third-order valence-electron chi connectivity index (χ3n) is 5.32. The lowest BCUT2D eigenvalue weighted by Gasteiger charge is -2.24. The molecular formula is C18H28N6O4. The molecule has 10 nitrogen and oxygen atoms in total. The van der Waals surface area contributed by atoms with E-state index in [2.05, 4.69) is 15.0 Å². The van der Waals surface area contributed by atoms with Crippen molar-refractivity contribution in [3.8, 4) is 0 Å². The number of rotatable bonds is 5. The van der Waals surface area contributed by atoms with Gasteiger partial charge in [0.05, 0.1) is 13.0 Å². The number of carbonyl (C=O) groups excluding carboxylic acids is 3. The van der Waals surface area contributed by atoms with Crippen molar-refractivity contribution in [1.29, 1.82) is 0 Å². The van der Waals surface area contributed by atoms with Gasteiger partial charge in [0.25, 0.3) is 5.91 Å². The Morgan fingerprint density at radius 2 is 1.93 bits per heavy atom. The Bertz CT molecular complexity index is 748. The largest absolute Gasteiger partial charge is 0.341 e. The summed E-state index contributed by atoms with van der Waals surface area (Å²) in [7, 11) is 3.00. The molecule has 154 valence electrons. The van der Waals surface area contributed by atoms with Gasteiger partial charge in [0, 0.05) is 46.2 Å². The fourth-order valence-electron chi connectivity index (χ4n) is 3.52. The third-order valence-corrected chi connectivity index (χ3v) is 5.32. The van der Waals surface area contributed by atoms with E-state index < -0.39 is 6.04 Å². The molecule has 2 aliphatic heterocycles. The molecule has 2 saturated heterocycles. The quantitative estimate of drug-likeness (QED) is 0.673. The van der Waals surface area contributed by atoms with Crippen molar-refractivity contribution >= 4 is 17.8 Å². The minimum atomic E-state index is -0.710. The lowest BCUT2D eigenvalue weighted by molar-refractivity contribution is -0.136. The first kappa shape index (κ1) is 20.2. The van der Waals surface area contributed by atoms with Gasteiger partial charge >= 0.3 is 6.03 Å². The fourth-order valence-corrected chi connectivity index (χ4v) is 3.52. The highest BCUT2D eigenvalue weighted by Crippen LogP contribution is 2.19. The van der Waals surface area contributed by atoms with Gasteiger partial charge in [-0.05, 0) is 6.42 Å². The van der Waals surface area contributed by atoms with Crippen LogP contribution in [0.25, 0.3) is 0 Å². The van der Waals surface area contributed by atoms with Gasteiger partial charge in [-0.1, -0.05) is 19.0 Å². The Labute approximate surface area is 164 Å². The number of aromatic nitrogens is 2. The second-order valence-corrected chi connectivity index (χ2v) is 7.72. The van der Waals surface area contributed by atoms with E-state index in [1.165, 1.54) is 11.9 Å². The predicted octanol–water partition coefficient (Wildman–Crippen LogP) is 0.510. The van der Waals surface area contributed by atoms with Crippen LogP contribution in [0.4, 0.5) is 4.79 Å². The second kappa shape index (κ2) is 8.26. The minimum absolute atomic E-state index is 0.0218. The molecule has 2 fully saturated rings. The summed E-state index contributed by atoms with van der Waals surface area (Å²) in [5.74, 6) is 1.06. The molecule has 1 aromatic rings. The van der Waals surface area contributed by atoms with E-state index in [0.29, 0.717) is 37.9 Å². The van der Waals surface area contributed by atoms with Gasteiger partial charge in [-0.25, -0.2) is 4.79 Å². The number of nitrogens with zero attached hydrogens (tertiary/aromatic N) is 6. The highest BCUT2D eigenvalue weighted by Gasteiger charge is 2.42. The number of urea groups is 1. The molecule has 28 heavy (non-hydrogen) atoms. The summed E-state index contributed by atoms with van der Waals surface area (Å²) >= 11 is 0. The Morgan fingerprint density at radius 1 is 1.18 bits per heavy atom. The average Bonchev–Trinajstić information content (AvgIpc) is 3.09. The molecule has 3 heterocycles. The highest BCUT2D eigenvalue weighted by molar-refractivity contribution is 6.05. The molecule has 2 aliphatic rings. The van der Waals surface area contributed by atoms with Crippen molar-refractivity contribution in [2.45, 2.75) is 45.2 Å². The van der Waals surface area contributed by atoms with Crippen molar-refractivity contribution in [3.05, 3.63) is 11.7 Å². The van der Waals surface area contributed by atoms with Crippen LogP contribution in [0.5, 0.6) is 0 Å². The summed E-state index contributed by atoms with van der Waals surface area (Å²) in [6.45, 7) is 7.33. The zero-order valence-electron chi connectivity index (χ0n) is 16.9. The van der Waals surface area contributed by atoms with Gasteiger partial charge in [-0.3, -0.25) is 19.4 Å². The summed E-state index contributed by atoms with van der Waals surface area (Å²) in [4.78, 5) is 47.6. The van der Waals surface area contributed by atoms with Crippen LogP contribution in [0.1, 0.15) is 44.3 Å². The van der Waals surface area contributed by atoms with Crippen LogP contribution < -0.4 is 0 Å². The Hall–Kier alpha value is -2.49. The number of hydrogen-bond acceptors (Lipinski definition) is 7. The number of imide groups is 1. The number of amides is 4. The maximum absolute atomic E-state index is 12.7. The zero-order chi connectivity index (χ0) is 20.4. The average molecular weight is 392 g/mol. The molecule has 4 amide bonds. The fraction of sp³-hybridized carbons (Fsp3) is 0.722.